The maximum Gasteiger partial charge on any atom is 0.257 e. The summed E-state index contributed by atoms with van der Waals surface area (Å²) in [5.74, 6) is -3.36. The fourth-order valence-corrected chi connectivity index (χ4v) is 6.39. The van der Waals surface area contributed by atoms with Crippen LogP contribution in [0.25, 0.3) is 5.57 Å². The minimum atomic E-state index is -1.11. The SMILES string of the molecule is CC1=NCC(C)=C1c1ccc(NC(=O)[C@@H](NC(=O)c2conc2C2CC2)C2c3cc(F)c(F)cc3OCC23CC3)cc1. The van der Waals surface area contributed by atoms with Crippen LogP contribution in [0.4, 0.5) is 14.5 Å². The molecular weight excluding hydrogens is 542 g/mol. The summed E-state index contributed by atoms with van der Waals surface area (Å²) in [5, 5.41) is 9.90. The minimum absolute atomic E-state index is 0.151. The average Bonchev–Trinajstić information content (AvgIpc) is 3.89. The number of halogens is 2. The fourth-order valence-electron chi connectivity index (χ4n) is 6.39. The van der Waals surface area contributed by atoms with Gasteiger partial charge in [0.1, 0.15) is 23.6 Å². The number of allylic oxidation sites excluding steroid dienone is 1. The standard InChI is InChI=1S/C32H30F2N4O4/c1-16-13-35-17(2)26(16)18-5-7-20(8-6-18)36-31(40)29(37-30(39)22-14-42-38-28(22)19-3-4-19)27-21-11-23(33)24(34)12-25(21)41-15-32(27)9-10-32/h5-8,11-12,14,19,27,29H,3-4,9-10,13,15H2,1-2H3,(H,36,40)(H,37,39)/t27?,29-/m0/s1. The smallest absolute Gasteiger partial charge is 0.257 e. The van der Waals surface area contributed by atoms with Gasteiger partial charge in [-0.05, 0) is 68.9 Å². The Morgan fingerprint density at radius 3 is 2.48 bits per heavy atom. The Kier molecular flexibility index (Phi) is 6.25. The first-order valence-electron chi connectivity index (χ1n) is 14.2. The molecule has 0 radical (unpaired) electrons. The van der Waals surface area contributed by atoms with E-state index in [1.54, 1.807) is 0 Å². The lowest BCUT2D eigenvalue weighted by Crippen LogP contribution is -2.52. The van der Waals surface area contributed by atoms with E-state index in [1.807, 2.05) is 31.2 Å². The van der Waals surface area contributed by atoms with Gasteiger partial charge in [-0.25, -0.2) is 8.78 Å². The summed E-state index contributed by atoms with van der Waals surface area (Å²) >= 11 is 0. The Balaban J connectivity index is 1.23. The van der Waals surface area contributed by atoms with E-state index in [4.69, 9.17) is 9.26 Å². The lowest BCUT2D eigenvalue weighted by atomic mass is 9.75. The molecule has 10 heteroatoms. The number of rotatable bonds is 7. The summed E-state index contributed by atoms with van der Waals surface area (Å²) in [4.78, 5) is 32.2. The molecule has 7 rings (SSSR count). The molecule has 2 aliphatic heterocycles. The van der Waals surface area contributed by atoms with Crippen molar-refractivity contribution in [3.8, 4) is 5.75 Å². The number of carbonyl (C=O) groups excluding carboxylic acids is 2. The van der Waals surface area contributed by atoms with Crippen LogP contribution in [-0.4, -0.2) is 41.9 Å². The van der Waals surface area contributed by atoms with Crippen molar-refractivity contribution in [2.75, 3.05) is 18.5 Å². The molecule has 1 unspecified atom stereocenters. The van der Waals surface area contributed by atoms with Crippen molar-refractivity contribution in [2.24, 2.45) is 10.4 Å². The molecule has 0 saturated heterocycles. The fraction of sp³-hybridized carbons (Fsp3) is 0.375. The number of hydrogen-bond donors (Lipinski definition) is 2. The van der Waals surface area contributed by atoms with Gasteiger partial charge in [-0.3, -0.25) is 14.6 Å². The molecule has 1 spiro atoms. The van der Waals surface area contributed by atoms with Gasteiger partial charge in [0, 0.05) is 45.9 Å². The number of nitrogens with zero attached hydrogens (tertiary/aromatic N) is 2. The molecule has 1 aromatic heterocycles. The first-order chi connectivity index (χ1) is 20.2. The first kappa shape index (κ1) is 26.6. The molecular formula is C32H30F2N4O4. The van der Waals surface area contributed by atoms with Crippen LogP contribution < -0.4 is 15.4 Å². The maximum atomic E-state index is 14.6. The summed E-state index contributed by atoms with van der Waals surface area (Å²) in [6.45, 7) is 4.94. The Hall–Kier alpha value is -4.34. The van der Waals surface area contributed by atoms with Crippen LogP contribution in [0.5, 0.6) is 5.75 Å². The molecule has 3 aromatic rings. The largest absolute Gasteiger partial charge is 0.493 e. The molecule has 2 amide bonds. The van der Waals surface area contributed by atoms with Crippen molar-refractivity contribution >= 4 is 28.8 Å². The van der Waals surface area contributed by atoms with Crippen LogP contribution in [0, 0.1) is 17.0 Å². The number of amides is 2. The topological polar surface area (TPSA) is 106 Å². The van der Waals surface area contributed by atoms with E-state index in [0.717, 1.165) is 54.7 Å². The van der Waals surface area contributed by atoms with Crippen molar-refractivity contribution in [1.82, 2.24) is 10.5 Å². The second-order valence-corrected chi connectivity index (χ2v) is 11.9. The Morgan fingerprint density at radius 2 is 1.81 bits per heavy atom. The minimum Gasteiger partial charge on any atom is -0.493 e. The zero-order valence-corrected chi connectivity index (χ0v) is 23.3. The normalized spacial score (nSPS) is 21.0. The van der Waals surface area contributed by atoms with E-state index >= 15 is 0 Å². The third-order valence-electron chi connectivity index (χ3n) is 8.95. The molecule has 0 bridgehead atoms. The highest BCUT2D eigenvalue weighted by atomic mass is 19.2. The van der Waals surface area contributed by atoms with Crippen LogP contribution in [-0.2, 0) is 4.79 Å². The molecule has 2 aromatic carbocycles. The van der Waals surface area contributed by atoms with Crippen LogP contribution in [0.2, 0.25) is 0 Å². The molecule has 4 aliphatic rings. The summed E-state index contributed by atoms with van der Waals surface area (Å²) in [6, 6.07) is 8.46. The quantitative estimate of drug-likeness (QED) is 0.374. The second kappa shape index (κ2) is 9.89. The zero-order chi connectivity index (χ0) is 29.2. The summed E-state index contributed by atoms with van der Waals surface area (Å²) in [7, 11) is 0. The number of ether oxygens (including phenoxy) is 1. The van der Waals surface area contributed by atoms with Crippen molar-refractivity contribution in [2.45, 2.75) is 57.4 Å². The number of aliphatic imine (C=N–C) groups is 1. The zero-order valence-electron chi connectivity index (χ0n) is 23.3. The van der Waals surface area contributed by atoms with Crippen LogP contribution in [0.15, 0.2) is 57.7 Å². The predicted molar refractivity (Wildman–Crippen MR) is 152 cm³/mol. The molecule has 8 nitrogen and oxygen atoms in total. The van der Waals surface area contributed by atoms with Crippen LogP contribution in [0.3, 0.4) is 0 Å². The van der Waals surface area contributed by atoms with Gasteiger partial charge < -0.3 is 19.9 Å². The van der Waals surface area contributed by atoms with Gasteiger partial charge in [-0.1, -0.05) is 17.3 Å². The molecule has 3 heterocycles. The van der Waals surface area contributed by atoms with Gasteiger partial charge in [-0.15, -0.1) is 0 Å². The molecule has 216 valence electrons. The molecule has 2 saturated carbocycles. The van der Waals surface area contributed by atoms with Gasteiger partial charge in [-0.2, -0.15) is 0 Å². The lowest BCUT2D eigenvalue weighted by Gasteiger charge is -2.38. The third kappa shape index (κ3) is 4.59. The van der Waals surface area contributed by atoms with E-state index in [2.05, 4.69) is 27.7 Å². The molecule has 2 fully saturated rings. The van der Waals surface area contributed by atoms with Gasteiger partial charge in [0.05, 0.1) is 18.8 Å². The van der Waals surface area contributed by atoms with Gasteiger partial charge in [0.25, 0.3) is 5.91 Å². The first-order valence-corrected chi connectivity index (χ1v) is 14.2. The number of hydrogen-bond acceptors (Lipinski definition) is 6. The van der Waals surface area contributed by atoms with Crippen molar-refractivity contribution in [3.63, 3.8) is 0 Å². The summed E-state index contributed by atoms with van der Waals surface area (Å²) < 4.78 is 39.7. The van der Waals surface area contributed by atoms with Crippen molar-refractivity contribution in [1.29, 1.82) is 0 Å². The van der Waals surface area contributed by atoms with E-state index in [1.165, 1.54) is 11.8 Å². The summed E-state index contributed by atoms with van der Waals surface area (Å²) in [6.07, 6.45) is 4.56. The van der Waals surface area contributed by atoms with E-state index in [0.29, 0.717) is 23.5 Å². The van der Waals surface area contributed by atoms with Gasteiger partial charge in [0.2, 0.25) is 5.91 Å². The highest BCUT2D eigenvalue weighted by Gasteiger charge is 2.58. The number of benzene rings is 2. The van der Waals surface area contributed by atoms with Gasteiger partial charge in [0.15, 0.2) is 11.6 Å². The molecule has 2 aliphatic carbocycles. The Bertz CT molecular complexity index is 1670. The molecule has 2 N–H and O–H groups in total. The number of nitrogens with one attached hydrogen (secondary N) is 2. The predicted octanol–water partition coefficient (Wildman–Crippen LogP) is 5.77. The number of anilines is 1. The number of carbonyl (C=O) groups is 2. The van der Waals surface area contributed by atoms with Gasteiger partial charge >= 0.3 is 0 Å². The maximum absolute atomic E-state index is 14.6. The molecule has 42 heavy (non-hydrogen) atoms. The van der Waals surface area contributed by atoms with Crippen molar-refractivity contribution < 1.29 is 27.6 Å². The summed E-state index contributed by atoms with van der Waals surface area (Å²) in [5.41, 5.74) is 5.51. The van der Waals surface area contributed by atoms with E-state index in [9.17, 15) is 18.4 Å². The Morgan fingerprint density at radius 1 is 1.07 bits per heavy atom. The van der Waals surface area contributed by atoms with Crippen molar-refractivity contribution in [3.05, 3.63) is 82.3 Å². The van der Waals surface area contributed by atoms with E-state index in [-0.39, 0.29) is 23.8 Å². The molecule has 2 atom stereocenters. The Labute approximate surface area is 241 Å². The highest BCUT2D eigenvalue weighted by Crippen LogP contribution is 2.61. The highest BCUT2D eigenvalue weighted by molar-refractivity contribution is 6.25. The number of fused-ring (bicyclic) bond motifs is 1. The van der Waals surface area contributed by atoms with Crippen LogP contribution >= 0.6 is 0 Å². The third-order valence-corrected chi connectivity index (χ3v) is 8.95. The average molecular weight is 573 g/mol. The second-order valence-electron chi connectivity index (χ2n) is 11.9. The lowest BCUT2D eigenvalue weighted by molar-refractivity contribution is -0.119. The van der Waals surface area contributed by atoms with Crippen LogP contribution in [0.1, 0.15) is 78.5 Å². The number of aromatic nitrogens is 1. The van der Waals surface area contributed by atoms with E-state index < -0.39 is 40.8 Å². The monoisotopic (exact) mass is 572 g/mol.